The number of hydrogen-bond acceptors (Lipinski definition) is 2. The van der Waals surface area contributed by atoms with Gasteiger partial charge in [0, 0.05) is 18.4 Å². The topological polar surface area (TPSA) is 41.1 Å². The molecular weight excluding hydrogens is 248 g/mol. The van der Waals surface area contributed by atoms with Gasteiger partial charge in [0.25, 0.3) is 5.91 Å². The molecule has 0 fully saturated rings. The van der Waals surface area contributed by atoms with Crippen LogP contribution in [0.15, 0.2) is 36.4 Å². The van der Waals surface area contributed by atoms with Gasteiger partial charge >= 0.3 is 0 Å². The van der Waals surface area contributed by atoms with E-state index in [1.807, 2.05) is 64.2 Å². The Hall–Kier alpha value is -2.29. The molecule has 0 aromatic heterocycles. The average Bonchev–Trinajstić information content (AvgIpc) is 2.43. The third kappa shape index (κ3) is 2.82. The van der Waals surface area contributed by atoms with Gasteiger partial charge in [-0.1, -0.05) is 18.2 Å². The second-order valence-electron chi connectivity index (χ2n) is 5.00. The van der Waals surface area contributed by atoms with Crippen LogP contribution in [-0.4, -0.2) is 13.0 Å². The van der Waals surface area contributed by atoms with Gasteiger partial charge in [-0.25, -0.2) is 0 Å². The normalized spacial score (nSPS) is 10.2. The van der Waals surface area contributed by atoms with Gasteiger partial charge in [-0.15, -0.1) is 0 Å². The third-order valence-electron chi connectivity index (χ3n) is 3.54. The summed E-state index contributed by atoms with van der Waals surface area (Å²) in [4.78, 5) is 12.4. The van der Waals surface area contributed by atoms with Gasteiger partial charge in [0.05, 0.1) is 5.56 Å². The first-order valence-corrected chi connectivity index (χ1v) is 6.69. The summed E-state index contributed by atoms with van der Waals surface area (Å²) in [5.41, 5.74) is 5.74. The van der Waals surface area contributed by atoms with E-state index in [1.165, 1.54) is 5.56 Å². The van der Waals surface area contributed by atoms with Crippen molar-refractivity contribution in [3.8, 4) is 0 Å². The van der Waals surface area contributed by atoms with Crippen LogP contribution in [0.5, 0.6) is 0 Å². The van der Waals surface area contributed by atoms with Crippen molar-refractivity contribution < 1.29 is 4.79 Å². The van der Waals surface area contributed by atoms with E-state index in [2.05, 4.69) is 10.6 Å². The van der Waals surface area contributed by atoms with Crippen molar-refractivity contribution in [3.05, 3.63) is 58.7 Å². The molecule has 2 rings (SSSR count). The van der Waals surface area contributed by atoms with Crippen LogP contribution in [0.4, 0.5) is 11.4 Å². The molecule has 2 aromatic carbocycles. The van der Waals surface area contributed by atoms with Crippen LogP contribution in [0, 0.1) is 20.8 Å². The highest BCUT2D eigenvalue weighted by atomic mass is 16.1. The van der Waals surface area contributed by atoms with Gasteiger partial charge in [0.1, 0.15) is 0 Å². The first kappa shape index (κ1) is 14.1. The second kappa shape index (κ2) is 5.78. The molecule has 2 N–H and O–H groups in total. The quantitative estimate of drug-likeness (QED) is 0.886. The van der Waals surface area contributed by atoms with E-state index < -0.39 is 0 Å². The smallest absolute Gasteiger partial charge is 0.257 e. The van der Waals surface area contributed by atoms with Crippen molar-refractivity contribution in [2.24, 2.45) is 0 Å². The molecule has 0 unspecified atom stereocenters. The Labute approximate surface area is 120 Å². The number of carbonyl (C=O) groups excluding carboxylic acids is 1. The lowest BCUT2D eigenvalue weighted by Crippen LogP contribution is -2.15. The van der Waals surface area contributed by atoms with Gasteiger partial charge in [-0.2, -0.15) is 0 Å². The average molecular weight is 268 g/mol. The van der Waals surface area contributed by atoms with Crippen molar-refractivity contribution in [1.29, 1.82) is 0 Å². The highest BCUT2D eigenvalue weighted by Gasteiger charge is 2.12. The molecule has 0 radical (unpaired) electrons. The molecule has 0 saturated heterocycles. The van der Waals surface area contributed by atoms with Gasteiger partial charge < -0.3 is 10.6 Å². The maximum Gasteiger partial charge on any atom is 0.257 e. The predicted molar refractivity (Wildman–Crippen MR) is 84.6 cm³/mol. The number of hydrogen-bond donors (Lipinski definition) is 2. The Bertz CT molecular complexity index is 647. The molecule has 0 atom stereocenters. The van der Waals surface area contributed by atoms with Crippen LogP contribution < -0.4 is 10.6 Å². The minimum absolute atomic E-state index is 0.0944. The Morgan fingerprint density at radius 2 is 1.75 bits per heavy atom. The minimum atomic E-state index is -0.0944. The summed E-state index contributed by atoms with van der Waals surface area (Å²) >= 11 is 0. The third-order valence-corrected chi connectivity index (χ3v) is 3.54. The van der Waals surface area contributed by atoms with E-state index in [0.717, 1.165) is 22.5 Å². The van der Waals surface area contributed by atoms with Crippen molar-refractivity contribution in [2.75, 3.05) is 17.7 Å². The van der Waals surface area contributed by atoms with E-state index in [1.54, 1.807) is 0 Å². The number of aryl methyl sites for hydroxylation is 2. The lowest BCUT2D eigenvalue weighted by atomic mass is 10.1. The summed E-state index contributed by atoms with van der Waals surface area (Å²) in [6.45, 7) is 6.06. The van der Waals surface area contributed by atoms with Crippen LogP contribution in [0.3, 0.4) is 0 Å². The lowest BCUT2D eigenvalue weighted by molar-refractivity contribution is 0.102. The fourth-order valence-electron chi connectivity index (χ4n) is 2.14. The van der Waals surface area contributed by atoms with Crippen molar-refractivity contribution in [2.45, 2.75) is 20.8 Å². The molecule has 3 heteroatoms. The first-order valence-electron chi connectivity index (χ1n) is 6.69. The molecule has 104 valence electrons. The van der Waals surface area contributed by atoms with Crippen LogP contribution >= 0.6 is 0 Å². The summed E-state index contributed by atoms with van der Waals surface area (Å²) in [7, 11) is 1.82. The summed E-state index contributed by atoms with van der Waals surface area (Å²) in [6, 6.07) is 11.7. The van der Waals surface area contributed by atoms with Crippen LogP contribution in [0.25, 0.3) is 0 Å². The van der Waals surface area contributed by atoms with Gasteiger partial charge in [-0.3, -0.25) is 4.79 Å². The SMILES string of the molecule is CNc1cc(C)ccc1C(=O)Nc1cccc(C)c1C. The maximum atomic E-state index is 12.4. The summed E-state index contributed by atoms with van der Waals surface area (Å²) in [5, 5.41) is 6.05. The number of benzene rings is 2. The van der Waals surface area contributed by atoms with Gasteiger partial charge in [0.2, 0.25) is 0 Å². The molecule has 3 nitrogen and oxygen atoms in total. The summed E-state index contributed by atoms with van der Waals surface area (Å²) < 4.78 is 0. The fraction of sp³-hybridized carbons (Fsp3) is 0.235. The van der Waals surface area contributed by atoms with Gasteiger partial charge in [-0.05, 0) is 55.7 Å². The van der Waals surface area contributed by atoms with Crippen molar-refractivity contribution >= 4 is 17.3 Å². The van der Waals surface area contributed by atoms with E-state index in [0.29, 0.717) is 5.56 Å². The first-order chi connectivity index (χ1) is 9.52. The van der Waals surface area contributed by atoms with Crippen LogP contribution in [0.1, 0.15) is 27.0 Å². The second-order valence-corrected chi connectivity index (χ2v) is 5.00. The zero-order chi connectivity index (χ0) is 14.7. The maximum absolute atomic E-state index is 12.4. The largest absolute Gasteiger partial charge is 0.387 e. The van der Waals surface area contributed by atoms with Crippen LogP contribution in [0.2, 0.25) is 0 Å². The Kier molecular flexibility index (Phi) is 4.08. The van der Waals surface area contributed by atoms with E-state index in [4.69, 9.17) is 0 Å². The Balaban J connectivity index is 2.31. The molecule has 2 aromatic rings. The Morgan fingerprint density at radius 1 is 1.00 bits per heavy atom. The summed E-state index contributed by atoms with van der Waals surface area (Å²) in [5.74, 6) is -0.0944. The molecule has 0 spiro atoms. The zero-order valence-corrected chi connectivity index (χ0v) is 12.4. The Morgan fingerprint density at radius 3 is 2.45 bits per heavy atom. The van der Waals surface area contributed by atoms with E-state index in [9.17, 15) is 4.79 Å². The molecule has 0 heterocycles. The van der Waals surface area contributed by atoms with Crippen molar-refractivity contribution in [3.63, 3.8) is 0 Å². The molecule has 0 bridgehead atoms. The number of rotatable bonds is 3. The molecule has 20 heavy (non-hydrogen) atoms. The molecule has 0 saturated carbocycles. The standard InChI is InChI=1S/C17H20N2O/c1-11-8-9-14(16(10-11)18-4)17(20)19-15-7-5-6-12(2)13(15)3/h5-10,18H,1-4H3,(H,19,20). The molecule has 1 amide bonds. The van der Waals surface area contributed by atoms with Crippen LogP contribution in [-0.2, 0) is 0 Å². The van der Waals surface area contributed by atoms with Crippen molar-refractivity contribution in [1.82, 2.24) is 0 Å². The fourth-order valence-corrected chi connectivity index (χ4v) is 2.14. The number of amides is 1. The molecular formula is C17H20N2O. The predicted octanol–water partition coefficient (Wildman–Crippen LogP) is 3.91. The molecule has 0 aliphatic rings. The lowest BCUT2D eigenvalue weighted by Gasteiger charge is -2.13. The minimum Gasteiger partial charge on any atom is -0.387 e. The highest BCUT2D eigenvalue weighted by molar-refractivity contribution is 6.08. The number of carbonyl (C=O) groups is 1. The highest BCUT2D eigenvalue weighted by Crippen LogP contribution is 2.22. The number of anilines is 2. The van der Waals surface area contributed by atoms with Gasteiger partial charge in [0.15, 0.2) is 0 Å². The zero-order valence-electron chi connectivity index (χ0n) is 12.4. The monoisotopic (exact) mass is 268 g/mol. The molecule has 0 aliphatic carbocycles. The van der Waals surface area contributed by atoms with E-state index in [-0.39, 0.29) is 5.91 Å². The number of nitrogens with one attached hydrogen (secondary N) is 2. The molecule has 0 aliphatic heterocycles. The summed E-state index contributed by atoms with van der Waals surface area (Å²) in [6.07, 6.45) is 0. The van der Waals surface area contributed by atoms with E-state index >= 15 is 0 Å².